The van der Waals surface area contributed by atoms with Crippen LogP contribution in [0, 0.1) is 11.7 Å². The molecule has 0 saturated heterocycles. The van der Waals surface area contributed by atoms with Gasteiger partial charge in [-0.25, -0.2) is 4.39 Å². The van der Waals surface area contributed by atoms with Crippen LogP contribution < -0.4 is 10.1 Å². The molecule has 2 unspecified atom stereocenters. The minimum atomic E-state index is -0.564. The number of methoxy groups -OCH3 is 1. The summed E-state index contributed by atoms with van der Waals surface area (Å²) in [4.78, 5) is 11.6. The lowest BCUT2D eigenvalue weighted by Gasteiger charge is -2.16. The van der Waals surface area contributed by atoms with E-state index in [-0.39, 0.29) is 24.1 Å². The summed E-state index contributed by atoms with van der Waals surface area (Å²) in [6.07, 6.45) is 3.10. The topological polar surface area (TPSA) is 58.6 Å². The Balaban J connectivity index is 2.52. The van der Waals surface area contributed by atoms with Crippen molar-refractivity contribution in [3.63, 3.8) is 0 Å². The van der Waals surface area contributed by atoms with Gasteiger partial charge in [-0.15, -0.1) is 0 Å². The van der Waals surface area contributed by atoms with E-state index < -0.39 is 11.9 Å². The number of amides is 1. The zero-order valence-corrected chi connectivity index (χ0v) is 12.6. The Morgan fingerprint density at radius 3 is 2.81 bits per heavy atom. The van der Waals surface area contributed by atoms with Gasteiger partial charge in [-0.2, -0.15) is 0 Å². The molecular formula is C16H22FNO3. The van der Waals surface area contributed by atoms with Crippen LogP contribution in [0.15, 0.2) is 24.3 Å². The number of halogens is 1. The van der Waals surface area contributed by atoms with Gasteiger partial charge in [0.2, 0.25) is 5.91 Å². The SMILES string of the molecule is CCC(C)C(O)CNC(=O)/C=C/c1ccc(OC)c(F)c1. The molecule has 1 aromatic rings. The number of aliphatic hydroxyl groups is 1. The standard InChI is InChI=1S/C16H22FNO3/c1-4-11(2)14(19)10-18-16(20)8-6-12-5-7-15(21-3)13(17)9-12/h5-9,11,14,19H,4,10H2,1-3H3,(H,18,20)/b8-6+. The van der Waals surface area contributed by atoms with Crippen LogP contribution in [-0.4, -0.2) is 30.8 Å². The molecule has 0 aliphatic carbocycles. The van der Waals surface area contributed by atoms with Crippen molar-refractivity contribution in [2.24, 2.45) is 5.92 Å². The molecule has 0 aliphatic rings. The van der Waals surface area contributed by atoms with Crippen LogP contribution in [0.25, 0.3) is 6.08 Å². The summed E-state index contributed by atoms with van der Waals surface area (Å²) >= 11 is 0. The molecule has 1 aromatic carbocycles. The van der Waals surface area contributed by atoms with Crippen LogP contribution in [-0.2, 0) is 4.79 Å². The van der Waals surface area contributed by atoms with Crippen LogP contribution in [0.4, 0.5) is 4.39 Å². The molecule has 0 bridgehead atoms. The summed E-state index contributed by atoms with van der Waals surface area (Å²) in [7, 11) is 1.39. The third kappa shape index (κ3) is 5.55. The molecule has 2 N–H and O–H groups in total. The van der Waals surface area contributed by atoms with E-state index in [1.807, 2.05) is 13.8 Å². The van der Waals surface area contributed by atoms with Crippen molar-refractivity contribution in [2.75, 3.05) is 13.7 Å². The van der Waals surface area contributed by atoms with Crippen LogP contribution >= 0.6 is 0 Å². The Morgan fingerprint density at radius 1 is 1.52 bits per heavy atom. The number of rotatable bonds is 7. The largest absolute Gasteiger partial charge is 0.494 e. The van der Waals surface area contributed by atoms with Crippen molar-refractivity contribution >= 4 is 12.0 Å². The first-order valence-corrected chi connectivity index (χ1v) is 6.95. The first-order valence-electron chi connectivity index (χ1n) is 6.95. The lowest BCUT2D eigenvalue weighted by atomic mass is 10.0. The quantitative estimate of drug-likeness (QED) is 0.759. The maximum atomic E-state index is 13.5. The van der Waals surface area contributed by atoms with Crippen LogP contribution in [0.5, 0.6) is 5.75 Å². The van der Waals surface area contributed by atoms with Crippen molar-refractivity contribution in [3.8, 4) is 5.75 Å². The zero-order valence-electron chi connectivity index (χ0n) is 12.6. The van der Waals surface area contributed by atoms with E-state index in [1.165, 1.54) is 31.4 Å². The summed E-state index contributed by atoms with van der Waals surface area (Å²) in [6.45, 7) is 4.11. The highest BCUT2D eigenvalue weighted by Crippen LogP contribution is 2.18. The molecule has 0 aromatic heterocycles. The van der Waals surface area contributed by atoms with Crippen LogP contribution in [0.1, 0.15) is 25.8 Å². The average molecular weight is 295 g/mol. The molecule has 0 fully saturated rings. The van der Waals surface area contributed by atoms with E-state index in [0.717, 1.165) is 6.42 Å². The molecule has 116 valence electrons. The maximum absolute atomic E-state index is 13.5. The number of carbonyl (C=O) groups is 1. The summed E-state index contributed by atoms with van der Waals surface area (Å²) in [5.41, 5.74) is 0.561. The van der Waals surface area contributed by atoms with Crippen molar-refractivity contribution in [2.45, 2.75) is 26.4 Å². The van der Waals surface area contributed by atoms with E-state index in [2.05, 4.69) is 5.32 Å². The van der Waals surface area contributed by atoms with E-state index in [4.69, 9.17) is 4.74 Å². The molecule has 0 radical (unpaired) electrons. The molecule has 0 saturated carbocycles. The summed E-state index contributed by atoms with van der Waals surface area (Å²) in [6, 6.07) is 4.44. The number of carbonyl (C=O) groups excluding carboxylic acids is 1. The normalized spacial score (nSPS) is 14.0. The molecule has 0 aliphatic heterocycles. The first-order chi connectivity index (χ1) is 9.97. The predicted octanol–water partition coefficient (Wildman–Crippen LogP) is 2.37. The Labute approximate surface area is 124 Å². The average Bonchev–Trinajstić information content (AvgIpc) is 2.49. The van der Waals surface area contributed by atoms with Gasteiger partial charge in [0.05, 0.1) is 13.2 Å². The first kappa shape index (κ1) is 17.2. The number of benzene rings is 1. The lowest BCUT2D eigenvalue weighted by Crippen LogP contribution is -2.34. The third-order valence-electron chi connectivity index (χ3n) is 3.39. The van der Waals surface area contributed by atoms with Crippen molar-refractivity contribution < 1.29 is 19.0 Å². The second-order valence-corrected chi connectivity index (χ2v) is 4.93. The highest BCUT2D eigenvalue weighted by Gasteiger charge is 2.12. The molecule has 5 heteroatoms. The Bertz CT molecular complexity index is 502. The molecule has 2 atom stereocenters. The lowest BCUT2D eigenvalue weighted by molar-refractivity contribution is -0.117. The van der Waals surface area contributed by atoms with Gasteiger partial charge in [0, 0.05) is 12.6 Å². The number of nitrogens with one attached hydrogen (secondary N) is 1. The second kappa shape index (κ2) is 8.42. The van der Waals surface area contributed by atoms with Gasteiger partial charge < -0.3 is 15.2 Å². The highest BCUT2D eigenvalue weighted by atomic mass is 19.1. The van der Waals surface area contributed by atoms with Gasteiger partial charge in [-0.3, -0.25) is 4.79 Å². The minimum absolute atomic E-state index is 0.130. The molecule has 4 nitrogen and oxygen atoms in total. The van der Waals surface area contributed by atoms with E-state index in [0.29, 0.717) is 5.56 Å². The number of aliphatic hydroxyl groups excluding tert-OH is 1. The smallest absolute Gasteiger partial charge is 0.244 e. The maximum Gasteiger partial charge on any atom is 0.244 e. The summed E-state index contributed by atoms with van der Waals surface area (Å²) < 4.78 is 18.3. The Hall–Kier alpha value is -1.88. The fourth-order valence-corrected chi connectivity index (χ4v) is 1.70. The van der Waals surface area contributed by atoms with Crippen LogP contribution in [0.3, 0.4) is 0 Å². The third-order valence-corrected chi connectivity index (χ3v) is 3.39. The number of ether oxygens (including phenoxy) is 1. The van der Waals surface area contributed by atoms with Gasteiger partial charge in [-0.1, -0.05) is 26.3 Å². The zero-order chi connectivity index (χ0) is 15.8. The predicted molar refractivity (Wildman–Crippen MR) is 80.5 cm³/mol. The second-order valence-electron chi connectivity index (χ2n) is 4.93. The monoisotopic (exact) mass is 295 g/mol. The molecule has 0 spiro atoms. The van der Waals surface area contributed by atoms with Crippen molar-refractivity contribution in [1.82, 2.24) is 5.32 Å². The van der Waals surface area contributed by atoms with Crippen molar-refractivity contribution in [1.29, 1.82) is 0 Å². The van der Waals surface area contributed by atoms with E-state index in [1.54, 1.807) is 6.07 Å². The molecule has 0 heterocycles. The Morgan fingerprint density at radius 2 is 2.24 bits per heavy atom. The van der Waals surface area contributed by atoms with E-state index >= 15 is 0 Å². The van der Waals surface area contributed by atoms with Gasteiger partial charge in [0.25, 0.3) is 0 Å². The molecule has 1 amide bonds. The van der Waals surface area contributed by atoms with Gasteiger partial charge in [-0.05, 0) is 29.7 Å². The summed E-state index contributed by atoms with van der Waals surface area (Å²) in [5.74, 6) is -0.515. The van der Waals surface area contributed by atoms with Gasteiger partial charge in [0.1, 0.15) is 0 Å². The fourth-order valence-electron chi connectivity index (χ4n) is 1.70. The van der Waals surface area contributed by atoms with Crippen LogP contribution in [0.2, 0.25) is 0 Å². The number of hydrogen-bond acceptors (Lipinski definition) is 3. The fraction of sp³-hybridized carbons (Fsp3) is 0.438. The van der Waals surface area contributed by atoms with E-state index in [9.17, 15) is 14.3 Å². The van der Waals surface area contributed by atoms with Gasteiger partial charge >= 0.3 is 0 Å². The summed E-state index contributed by atoms with van der Waals surface area (Å²) in [5, 5.41) is 12.4. The molecular weight excluding hydrogens is 273 g/mol. The molecule has 1 rings (SSSR count). The van der Waals surface area contributed by atoms with Crippen molar-refractivity contribution in [3.05, 3.63) is 35.7 Å². The Kier molecular flexibility index (Phi) is 6.88. The highest BCUT2D eigenvalue weighted by molar-refractivity contribution is 5.91. The minimum Gasteiger partial charge on any atom is -0.494 e. The number of hydrogen-bond donors (Lipinski definition) is 2. The molecule has 21 heavy (non-hydrogen) atoms. The van der Waals surface area contributed by atoms with Gasteiger partial charge in [0.15, 0.2) is 11.6 Å².